The molecule has 2 aromatic rings. The molecular weight excluding hydrogens is 465 g/mol. The van der Waals surface area contributed by atoms with Gasteiger partial charge in [0.15, 0.2) is 5.96 Å². The number of rotatable bonds is 3. The zero-order valence-corrected chi connectivity index (χ0v) is 19.8. The third kappa shape index (κ3) is 5.70. The van der Waals surface area contributed by atoms with Gasteiger partial charge in [0.2, 0.25) is 0 Å². The fourth-order valence-corrected chi connectivity index (χ4v) is 3.29. The van der Waals surface area contributed by atoms with Crippen molar-refractivity contribution in [3.8, 4) is 0 Å². The van der Waals surface area contributed by atoms with Crippen molar-refractivity contribution in [2.45, 2.75) is 38.8 Å². The Bertz CT molecular complexity index is 779. The summed E-state index contributed by atoms with van der Waals surface area (Å²) in [4.78, 5) is 6.73. The van der Waals surface area contributed by atoms with Crippen LogP contribution in [0.5, 0.6) is 0 Å². The summed E-state index contributed by atoms with van der Waals surface area (Å²) >= 11 is 0. The van der Waals surface area contributed by atoms with E-state index in [1.165, 1.54) is 11.1 Å². The number of ether oxygens (including phenoxy) is 1. The summed E-state index contributed by atoms with van der Waals surface area (Å²) in [5.41, 5.74) is 3.89. The first-order valence-electron chi connectivity index (χ1n) is 9.52. The van der Waals surface area contributed by atoms with E-state index in [0.29, 0.717) is 6.61 Å². The van der Waals surface area contributed by atoms with Crippen molar-refractivity contribution in [1.82, 2.24) is 20.0 Å². The molecule has 1 fully saturated rings. The second-order valence-corrected chi connectivity index (χ2v) is 8.10. The zero-order valence-electron chi connectivity index (χ0n) is 17.5. The average Bonchev–Trinajstić information content (AvgIpc) is 3.09. The van der Waals surface area contributed by atoms with Gasteiger partial charge in [-0.15, -0.1) is 24.0 Å². The highest BCUT2D eigenvalue weighted by atomic mass is 127. The molecule has 7 heteroatoms. The highest BCUT2D eigenvalue weighted by molar-refractivity contribution is 14.0. The number of nitrogens with zero attached hydrogens (tertiary/aromatic N) is 4. The van der Waals surface area contributed by atoms with Crippen LogP contribution in [0.4, 0.5) is 0 Å². The number of morpholine rings is 1. The standard InChI is InChI=1S/C21H31N5O.HI/c1-21(2,3)18-8-6-16(7-9-18)12-23-20(22-4)26-10-11-27-19(15-26)17-13-24-25(5)14-17;/h6-9,13-14,19H,10-12,15H2,1-5H3,(H,22,23);1H. The summed E-state index contributed by atoms with van der Waals surface area (Å²) in [7, 11) is 3.76. The quantitative estimate of drug-likeness (QED) is 0.401. The van der Waals surface area contributed by atoms with Gasteiger partial charge in [0, 0.05) is 38.9 Å². The van der Waals surface area contributed by atoms with Gasteiger partial charge in [-0.05, 0) is 16.5 Å². The summed E-state index contributed by atoms with van der Waals surface area (Å²) < 4.78 is 7.74. The first-order valence-corrected chi connectivity index (χ1v) is 9.52. The molecule has 1 aliphatic rings. The van der Waals surface area contributed by atoms with Crippen LogP contribution in [0.15, 0.2) is 41.7 Å². The minimum atomic E-state index is 0. The molecule has 1 atom stereocenters. The molecule has 1 unspecified atom stereocenters. The molecule has 1 aromatic carbocycles. The summed E-state index contributed by atoms with van der Waals surface area (Å²) in [5.74, 6) is 0.909. The molecule has 1 aliphatic heterocycles. The van der Waals surface area contributed by atoms with Crippen molar-refractivity contribution in [2.24, 2.45) is 12.0 Å². The van der Waals surface area contributed by atoms with Gasteiger partial charge in [-0.2, -0.15) is 5.10 Å². The zero-order chi connectivity index (χ0) is 19.4. The van der Waals surface area contributed by atoms with Gasteiger partial charge in [0.25, 0.3) is 0 Å². The molecule has 0 saturated carbocycles. The number of nitrogens with one attached hydrogen (secondary N) is 1. The number of aryl methyl sites for hydroxylation is 1. The van der Waals surface area contributed by atoms with Crippen LogP contribution in [0.1, 0.15) is 43.6 Å². The summed E-state index contributed by atoms with van der Waals surface area (Å²) in [6.07, 6.45) is 3.92. The second kappa shape index (κ2) is 9.73. The number of aliphatic imine (C=N–C) groups is 1. The van der Waals surface area contributed by atoms with E-state index in [0.717, 1.165) is 31.2 Å². The van der Waals surface area contributed by atoms with E-state index < -0.39 is 0 Å². The van der Waals surface area contributed by atoms with Gasteiger partial charge in [0.05, 0.1) is 19.3 Å². The number of hydrogen-bond donors (Lipinski definition) is 1. The van der Waals surface area contributed by atoms with Crippen LogP contribution in [-0.4, -0.2) is 47.4 Å². The summed E-state index contributed by atoms with van der Waals surface area (Å²) in [6.45, 7) is 9.75. The first kappa shape index (κ1) is 22.7. The predicted molar refractivity (Wildman–Crippen MR) is 124 cm³/mol. The normalized spacial score (nSPS) is 18.0. The van der Waals surface area contributed by atoms with Crippen LogP contribution in [0.25, 0.3) is 0 Å². The first-order chi connectivity index (χ1) is 12.9. The Morgan fingerprint density at radius 1 is 1.29 bits per heavy atom. The third-order valence-electron chi connectivity index (χ3n) is 4.95. The number of benzene rings is 1. The molecule has 0 aliphatic carbocycles. The third-order valence-corrected chi connectivity index (χ3v) is 4.95. The van der Waals surface area contributed by atoms with Gasteiger partial charge in [-0.25, -0.2) is 0 Å². The summed E-state index contributed by atoms with van der Waals surface area (Å²) in [6, 6.07) is 8.82. The van der Waals surface area contributed by atoms with E-state index in [2.05, 4.69) is 65.3 Å². The van der Waals surface area contributed by atoms with Crippen LogP contribution in [0, 0.1) is 0 Å². The monoisotopic (exact) mass is 497 g/mol. The SMILES string of the molecule is CN=C(NCc1ccc(C(C)(C)C)cc1)N1CCOC(c2cnn(C)c2)C1.I. The molecule has 0 bridgehead atoms. The van der Waals surface area contributed by atoms with Crippen LogP contribution in [0.2, 0.25) is 0 Å². The molecule has 0 spiro atoms. The van der Waals surface area contributed by atoms with Crippen molar-refractivity contribution in [3.05, 3.63) is 53.3 Å². The molecule has 28 heavy (non-hydrogen) atoms. The Morgan fingerprint density at radius 2 is 2.00 bits per heavy atom. The molecule has 0 amide bonds. The van der Waals surface area contributed by atoms with Gasteiger partial charge in [0.1, 0.15) is 6.10 Å². The van der Waals surface area contributed by atoms with Gasteiger partial charge < -0.3 is 15.0 Å². The molecular formula is C21H32IN5O. The Balaban J connectivity index is 0.00000280. The molecule has 6 nitrogen and oxygen atoms in total. The lowest BCUT2D eigenvalue weighted by Gasteiger charge is -2.34. The largest absolute Gasteiger partial charge is 0.370 e. The maximum Gasteiger partial charge on any atom is 0.194 e. The van der Waals surface area contributed by atoms with Crippen molar-refractivity contribution >= 4 is 29.9 Å². The lowest BCUT2D eigenvalue weighted by molar-refractivity contribution is -0.00805. The van der Waals surface area contributed by atoms with E-state index in [-0.39, 0.29) is 35.5 Å². The van der Waals surface area contributed by atoms with Crippen molar-refractivity contribution < 1.29 is 4.74 Å². The maximum absolute atomic E-state index is 5.93. The van der Waals surface area contributed by atoms with E-state index in [9.17, 15) is 0 Å². The Labute approximate surface area is 185 Å². The smallest absolute Gasteiger partial charge is 0.194 e. The van der Waals surface area contributed by atoms with Gasteiger partial charge >= 0.3 is 0 Å². The van der Waals surface area contributed by atoms with E-state index in [1.807, 2.05) is 31.2 Å². The van der Waals surface area contributed by atoms with Crippen LogP contribution >= 0.6 is 24.0 Å². The lowest BCUT2D eigenvalue weighted by Crippen LogP contribution is -2.47. The number of aromatic nitrogens is 2. The molecule has 3 rings (SSSR count). The molecule has 2 heterocycles. The Kier molecular flexibility index (Phi) is 7.88. The molecule has 0 radical (unpaired) electrons. The van der Waals surface area contributed by atoms with Crippen LogP contribution in [0.3, 0.4) is 0 Å². The van der Waals surface area contributed by atoms with E-state index >= 15 is 0 Å². The summed E-state index contributed by atoms with van der Waals surface area (Å²) in [5, 5.41) is 7.74. The molecule has 1 saturated heterocycles. The van der Waals surface area contributed by atoms with Crippen molar-refractivity contribution in [1.29, 1.82) is 0 Å². The number of hydrogen-bond acceptors (Lipinski definition) is 3. The minimum Gasteiger partial charge on any atom is -0.370 e. The molecule has 1 aromatic heterocycles. The number of guanidine groups is 1. The lowest BCUT2D eigenvalue weighted by atomic mass is 9.87. The number of halogens is 1. The topological polar surface area (TPSA) is 54.7 Å². The fraction of sp³-hybridized carbons (Fsp3) is 0.524. The van der Waals surface area contributed by atoms with E-state index in [4.69, 9.17) is 4.74 Å². The second-order valence-electron chi connectivity index (χ2n) is 8.10. The van der Waals surface area contributed by atoms with Gasteiger partial charge in [-0.1, -0.05) is 45.0 Å². The highest BCUT2D eigenvalue weighted by Gasteiger charge is 2.25. The van der Waals surface area contributed by atoms with E-state index in [1.54, 1.807) is 0 Å². The van der Waals surface area contributed by atoms with Crippen LogP contribution < -0.4 is 5.32 Å². The van der Waals surface area contributed by atoms with Crippen molar-refractivity contribution in [2.75, 3.05) is 26.7 Å². The maximum atomic E-state index is 5.93. The Morgan fingerprint density at radius 3 is 2.57 bits per heavy atom. The minimum absolute atomic E-state index is 0. The molecule has 154 valence electrons. The predicted octanol–water partition coefficient (Wildman–Crippen LogP) is 3.48. The van der Waals surface area contributed by atoms with Crippen LogP contribution in [-0.2, 0) is 23.7 Å². The average molecular weight is 497 g/mol. The van der Waals surface area contributed by atoms with Crippen molar-refractivity contribution in [3.63, 3.8) is 0 Å². The molecule has 1 N–H and O–H groups in total. The Hall–Kier alpha value is -1.61. The highest BCUT2D eigenvalue weighted by Crippen LogP contribution is 2.23. The fourth-order valence-electron chi connectivity index (χ4n) is 3.29. The van der Waals surface area contributed by atoms with Gasteiger partial charge in [-0.3, -0.25) is 9.67 Å².